The number of hydrogen-bond acceptors (Lipinski definition) is 6. The molecule has 10 heteroatoms. The number of hydrogen-bond donors (Lipinski definition) is 3. The van der Waals surface area contributed by atoms with Crippen LogP contribution in [0.5, 0.6) is 0 Å². The Morgan fingerprint density at radius 1 is 1.27 bits per heavy atom. The minimum atomic E-state index is -1.27. The number of rotatable bonds is 6. The van der Waals surface area contributed by atoms with Crippen molar-refractivity contribution in [3.8, 4) is 0 Å². The predicted molar refractivity (Wildman–Crippen MR) is 92.2 cm³/mol. The highest BCUT2D eigenvalue weighted by Gasteiger charge is 2.12. The van der Waals surface area contributed by atoms with Gasteiger partial charge < -0.3 is 16.0 Å². The van der Waals surface area contributed by atoms with E-state index >= 15 is 0 Å². The molecule has 0 aliphatic heterocycles. The zero-order chi connectivity index (χ0) is 18.7. The van der Waals surface area contributed by atoms with Crippen molar-refractivity contribution in [1.82, 2.24) is 19.7 Å². The highest BCUT2D eigenvalue weighted by molar-refractivity contribution is 5.84. The van der Waals surface area contributed by atoms with Crippen molar-refractivity contribution >= 4 is 23.7 Å². The van der Waals surface area contributed by atoms with Crippen molar-refractivity contribution in [3.63, 3.8) is 0 Å². The number of nitrogens with zero attached hydrogens (tertiary/aromatic N) is 4. The van der Waals surface area contributed by atoms with Crippen LogP contribution in [0.1, 0.15) is 12.6 Å². The minimum absolute atomic E-state index is 0. The van der Waals surface area contributed by atoms with Gasteiger partial charge in [-0.25, -0.2) is 18.2 Å². The lowest BCUT2D eigenvalue weighted by Crippen LogP contribution is -2.09. The monoisotopic (exact) mass is 363 g/mol. The van der Waals surface area contributed by atoms with Gasteiger partial charge in [-0.2, -0.15) is 10.1 Å². The molecule has 1 aromatic carbocycles. The van der Waals surface area contributed by atoms with Crippen molar-refractivity contribution in [3.05, 3.63) is 59.3 Å². The maximum absolute atomic E-state index is 13.8. The number of halogens is 3. The number of aromatic nitrogens is 4. The van der Waals surface area contributed by atoms with Gasteiger partial charge in [-0.3, -0.25) is 4.68 Å². The fourth-order valence-corrected chi connectivity index (χ4v) is 2.23. The quantitative estimate of drug-likeness (QED) is 0.462. The van der Waals surface area contributed by atoms with Gasteiger partial charge in [0.05, 0.1) is 17.4 Å². The first-order valence-electron chi connectivity index (χ1n) is 7.46. The Morgan fingerprint density at radius 3 is 2.77 bits per heavy atom. The molecule has 0 aliphatic carbocycles. The van der Waals surface area contributed by atoms with E-state index in [1.165, 1.54) is 6.20 Å². The molecule has 0 fully saturated rings. The van der Waals surface area contributed by atoms with Crippen LogP contribution in [0.15, 0.2) is 30.7 Å². The lowest BCUT2D eigenvalue weighted by atomic mass is 10.2. The molecule has 0 spiro atoms. The van der Waals surface area contributed by atoms with E-state index in [-0.39, 0.29) is 25.3 Å². The number of benzene rings is 1. The van der Waals surface area contributed by atoms with Crippen LogP contribution in [-0.4, -0.2) is 26.0 Å². The Bertz CT molecular complexity index is 961. The maximum Gasteiger partial charge on any atom is 0.229 e. The van der Waals surface area contributed by atoms with Gasteiger partial charge in [0, 0.05) is 45.3 Å². The topological polar surface area (TPSA) is 91.5 Å². The fraction of sp³-hybridized carbons (Fsp3) is 0.125. The summed E-state index contributed by atoms with van der Waals surface area (Å²) >= 11 is 0. The molecule has 7 nitrogen and oxygen atoms in total. The molecule has 0 unspecified atom stereocenters. The second kappa shape index (κ2) is 7.21. The lowest BCUT2D eigenvalue weighted by molar-refractivity contribution is 0.486. The number of aryl methyl sites for hydroxylation is 1. The molecule has 0 aliphatic rings. The highest BCUT2D eigenvalue weighted by Crippen LogP contribution is 2.19. The molecule has 0 radical (unpaired) electrons. The van der Waals surface area contributed by atoms with Crippen LogP contribution in [0.4, 0.5) is 30.6 Å². The molecule has 0 atom stereocenters. The molecule has 26 heavy (non-hydrogen) atoms. The van der Waals surface area contributed by atoms with Gasteiger partial charge in [0.25, 0.3) is 0 Å². The van der Waals surface area contributed by atoms with E-state index in [2.05, 4.69) is 25.7 Å². The van der Waals surface area contributed by atoms with Crippen molar-refractivity contribution in [2.75, 3.05) is 10.6 Å². The van der Waals surface area contributed by atoms with E-state index in [4.69, 9.17) is 5.41 Å². The lowest BCUT2D eigenvalue weighted by Gasteiger charge is -2.11. The van der Waals surface area contributed by atoms with Gasteiger partial charge in [0.1, 0.15) is 11.6 Å². The van der Waals surface area contributed by atoms with Crippen LogP contribution in [0.3, 0.4) is 0 Å². The van der Waals surface area contributed by atoms with E-state index in [1.54, 1.807) is 24.1 Å². The van der Waals surface area contributed by atoms with Crippen molar-refractivity contribution in [1.29, 1.82) is 5.41 Å². The number of nitrogens with one attached hydrogen (secondary N) is 3. The smallest absolute Gasteiger partial charge is 0.229 e. The summed E-state index contributed by atoms with van der Waals surface area (Å²) in [6.07, 6.45) is 5.69. The summed E-state index contributed by atoms with van der Waals surface area (Å²) in [6.45, 7) is -0.218. The summed E-state index contributed by atoms with van der Waals surface area (Å²) in [6, 6.07) is 1.37. The van der Waals surface area contributed by atoms with Gasteiger partial charge in [-0.05, 0) is 6.07 Å². The Hall–Kier alpha value is -3.43. The minimum Gasteiger partial charge on any atom is -0.365 e. The highest BCUT2D eigenvalue weighted by atomic mass is 19.2. The van der Waals surface area contributed by atoms with E-state index in [9.17, 15) is 13.2 Å². The van der Waals surface area contributed by atoms with Gasteiger partial charge in [-0.15, -0.1) is 0 Å². The molecule has 0 bridgehead atoms. The summed E-state index contributed by atoms with van der Waals surface area (Å²) in [5.41, 5.74) is 0.789. The molecule has 0 saturated heterocycles. The Kier molecular flexibility index (Phi) is 4.83. The maximum atomic E-state index is 13.8. The van der Waals surface area contributed by atoms with Gasteiger partial charge >= 0.3 is 0 Å². The molecule has 136 valence electrons. The standard InChI is InChI=1S/C16H14F3N7.H2/c1-26-8-12(7-23-26)24-16-22-6-10(4-20)15(25-16)21-5-9-2-11(17)3-13(18)14(9)19;/h2-4,6-8,20H,5H2,1H3,(H2,21,22,24,25);1H. The Morgan fingerprint density at radius 2 is 2.08 bits per heavy atom. The summed E-state index contributed by atoms with van der Waals surface area (Å²) in [5.74, 6) is -2.86. The molecular formula is C16H16F3N7. The van der Waals surface area contributed by atoms with E-state index in [1.807, 2.05) is 0 Å². The molecule has 3 aromatic rings. The second-order valence-electron chi connectivity index (χ2n) is 5.38. The van der Waals surface area contributed by atoms with E-state index in [0.717, 1.165) is 12.3 Å². The first-order chi connectivity index (χ1) is 12.5. The Labute approximate surface area is 147 Å². The summed E-state index contributed by atoms with van der Waals surface area (Å²) in [7, 11) is 1.75. The zero-order valence-electron chi connectivity index (χ0n) is 13.6. The molecule has 3 rings (SSSR count). The molecule has 0 amide bonds. The second-order valence-corrected chi connectivity index (χ2v) is 5.38. The summed E-state index contributed by atoms with van der Waals surface area (Å²) in [4.78, 5) is 8.28. The molecule has 0 saturated carbocycles. The summed E-state index contributed by atoms with van der Waals surface area (Å²) in [5, 5.41) is 17.1. The Balaban J connectivity index is 0.00000261. The first kappa shape index (κ1) is 17.4. The molecule has 3 N–H and O–H groups in total. The van der Waals surface area contributed by atoms with Crippen LogP contribution < -0.4 is 10.6 Å². The largest absolute Gasteiger partial charge is 0.365 e. The zero-order valence-corrected chi connectivity index (χ0v) is 13.6. The molecule has 2 heterocycles. The number of anilines is 3. The van der Waals surface area contributed by atoms with E-state index < -0.39 is 17.5 Å². The third kappa shape index (κ3) is 3.79. The third-order valence-corrected chi connectivity index (χ3v) is 3.45. The van der Waals surface area contributed by atoms with Crippen LogP contribution in [0.25, 0.3) is 0 Å². The van der Waals surface area contributed by atoms with Crippen molar-refractivity contribution in [2.24, 2.45) is 7.05 Å². The molecule has 2 aromatic heterocycles. The average molecular weight is 363 g/mol. The van der Waals surface area contributed by atoms with Crippen LogP contribution in [0.2, 0.25) is 0 Å². The van der Waals surface area contributed by atoms with Gasteiger partial charge in [-0.1, -0.05) is 0 Å². The normalized spacial score (nSPS) is 10.6. The predicted octanol–water partition coefficient (Wildman–Crippen LogP) is 3.23. The van der Waals surface area contributed by atoms with Gasteiger partial charge in [0.15, 0.2) is 11.6 Å². The van der Waals surface area contributed by atoms with Crippen LogP contribution in [-0.2, 0) is 13.6 Å². The van der Waals surface area contributed by atoms with Gasteiger partial charge in [0.2, 0.25) is 5.95 Å². The third-order valence-electron chi connectivity index (χ3n) is 3.45. The summed E-state index contributed by atoms with van der Waals surface area (Å²) < 4.78 is 41.9. The first-order valence-corrected chi connectivity index (χ1v) is 7.46. The van der Waals surface area contributed by atoms with Crippen molar-refractivity contribution in [2.45, 2.75) is 6.54 Å². The SMILES string of the molecule is Cn1cc(Nc2ncc(C=N)c(NCc3cc(F)cc(F)c3F)n2)cn1.[HH]. The average Bonchev–Trinajstić information content (AvgIpc) is 3.01. The van der Waals surface area contributed by atoms with E-state index in [0.29, 0.717) is 17.3 Å². The fourth-order valence-electron chi connectivity index (χ4n) is 2.23. The molecular weight excluding hydrogens is 347 g/mol. The van der Waals surface area contributed by atoms with Crippen LogP contribution >= 0.6 is 0 Å². The van der Waals surface area contributed by atoms with Crippen molar-refractivity contribution < 1.29 is 14.6 Å². The van der Waals surface area contributed by atoms with Crippen LogP contribution in [0, 0.1) is 22.9 Å².